The van der Waals surface area contributed by atoms with Crippen LogP contribution in [0.5, 0.6) is 0 Å². The van der Waals surface area contributed by atoms with Crippen LogP contribution in [0.2, 0.25) is 5.02 Å². The number of carboxylic acid groups (broad SMARTS) is 1. The lowest BCUT2D eigenvalue weighted by Crippen LogP contribution is -2.31. The maximum atomic E-state index is 11.8. The molecule has 1 aromatic rings. The smallest absolute Gasteiger partial charge is 0.312 e. The maximum Gasteiger partial charge on any atom is 0.312 e. The molecule has 0 bridgehead atoms. The van der Waals surface area contributed by atoms with Crippen LogP contribution in [0.1, 0.15) is 11.5 Å². The van der Waals surface area contributed by atoms with E-state index >= 15 is 0 Å². The summed E-state index contributed by atoms with van der Waals surface area (Å²) in [7, 11) is -3.50. The molecular formula is C12H14ClNO4S. The highest BCUT2D eigenvalue weighted by molar-refractivity contribution is 7.91. The van der Waals surface area contributed by atoms with E-state index in [1.165, 1.54) is 0 Å². The highest BCUT2D eigenvalue weighted by Gasteiger charge is 2.74. The Bertz CT molecular complexity index is 613. The van der Waals surface area contributed by atoms with Gasteiger partial charge in [-0.1, -0.05) is 23.7 Å². The third-order valence-corrected chi connectivity index (χ3v) is 5.55. The van der Waals surface area contributed by atoms with Gasteiger partial charge in [0.15, 0.2) is 9.84 Å². The normalized spacial score (nSPS) is 30.1. The third-order valence-electron chi connectivity index (χ3n) is 3.68. The molecule has 1 saturated carbocycles. The van der Waals surface area contributed by atoms with E-state index in [-0.39, 0.29) is 6.54 Å². The van der Waals surface area contributed by atoms with Crippen molar-refractivity contribution in [3.05, 3.63) is 34.9 Å². The van der Waals surface area contributed by atoms with Gasteiger partial charge in [-0.15, -0.1) is 0 Å². The zero-order chi connectivity index (χ0) is 14.4. The van der Waals surface area contributed by atoms with Crippen molar-refractivity contribution >= 4 is 27.4 Å². The van der Waals surface area contributed by atoms with Gasteiger partial charge < -0.3 is 10.8 Å². The largest absolute Gasteiger partial charge is 0.481 e. The van der Waals surface area contributed by atoms with E-state index < -0.39 is 32.4 Å². The highest BCUT2D eigenvalue weighted by Crippen LogP contribution is 2.62. The van der Waals surface area contributed by atoms with E-state index in [1.807, 2.05) is 0 Å². The molecule has 0 aliphatic heterocycles. The van der Waals surface area contributed by atoms with Crippen molar-refractivity contribution in [3.8, 4) is 0 Å². The van der Waals surface area contributed by atoms with Gasteiger partial charge in [0.25, 0.3) is 0 Å². The summed E-state index contributed by atoms with van der Waals surface area (Å²) in [5, 5.41) is 8.88. The average molecular weight is 304 g/mol. The molecule has 104 valence electrons. The molecule has 5 nitrogen and oxygen atoms in total. The number of hydrogen-bond acceptors (Lipinski definition) is 4. The average Bonchev–Trinajstić information content (AvgIpc) is 3.00. The third kappa shape index (κ3) is 2.13. The quantitative estimate of drug-likeness (QED) is 0.860. The summed E-state index contributed by atoms with van der Waals surface area (Å²) in [6.45, 7) is -0.215. The van der Waals surface area contributed by atoms with Crippen molar-refractivity contribution < 1.29 is 18.3 Å². The summed E-state index contributed by atoms with van der Waals surface area (Å²) >= 11 is 5.77. The Balaban J connectivity index is 2.50. The fourth-order valence-corrected chi connectivity index (χ4v) is 4.81. The van der Waals surface area contributed by atoms with E-state index in [0.29, 0.717) is 10.6 Å². The number of halogens is 1. The van der Waals surface area contributed by atoms with Gasteiger partial charge >= 0.3 is 5.97 Å². The van der Waals surface area contributed by atoms with Crippen LogP contribution < -0.4 is 5.73 Å². The van der Waals surface area contributed by atoms with Crippen molar-refractivity contribution in [3.63, 3.8) is 0 Å². The number of hydrogen-bond donors (Lipinski definition) is 2. The molecule has 7 heteroatoms. The molecule has 1 aromatic carbocycles. The van der Waals surface area contributed by atoms with Crippen molar-refractivity contribution in [2.24, 2.45) is 11.1 Å². The lowest BCUT2D eigenvalue weighted by molar-refractivity contribution is -0.143. The van der Waals surface area contributed by atoms with E-state index in [9.17, 15) is 18.3 Å². The molecule has 2 rings (SSSR count). The lowest BCUT2D eigenvalue weighted by atomic mass is 9.99. The summed E-state index contributed by atoms with van der Waals surface area (Å²) in [5.74, 6) is -1.80. The molecule has 0 amide bonds. The SMILES string of the molecule is CS(=O)(=O)[C@@H]1[C@H](c2ccc(Cl)cc2)[C@@]1(CN)C(=O)O. The number of nitrogens with two attached hydrogens (primary N) is 1. The Morgan fingerprint density at radius 3 is 2.26 bits per heavy atom. The van der Waals surface area contributed by atoms with Crippen LogP contribution in [0, 0.1) is 5.41 Å². The molecule has 3 N–H and O–H groups in total. The van der Waals surface area contributed by atoms with Crippen molar-refractivity contribution in [1.82, 2.24) is 0 Å². The van der Waals surface area contributed by atoms with E-state index in [1.54, 1.807) is 24.3 Å². The van der Waals surface area contributed by atoms with Crippen LogP contribution in [0.3, 0.4) is 0 Å². The first-order chi connectivity index (χ1) is 8.75. The highest BCUT2D eigenvalue weighted by atomic mass is 35.5. The first-order valence-corrected chi connectivity index (χ1v) is 7.96. The zero-order valence-corrected chi connectivity index (χ0v) is 11.8. The first-order valence-electron chi connectivity index (χ1n) is 5.63. The summed E-state index contributed by atoms with van der Waals surface area (Å²) < 4.78 is 23.6. The van der Waals surface area contributed by atoms with Gasteiger partial charge in [0, 0.05) is 23.7 Å². The summed E-state index contributed by atoms with van der Waals surface area (Å²) in [6, 6.07) is 6.51. The van der Waals surface area contributed by atoms with Crippen LogP contribution >= 0.6 is 11.6 Å². The minimum absolute atomic E-state index is 0.215. The predicted octanol–water partition coefficient (Wildman–Crippen LogP) is 0.880. The zero-order valence-electron chi connectivity index (χ0n) is 10.2. The molecule has 0 spiro atoms. The van der Waals surface area contributed by atoms with Crippen molar-refractivity contribution in [2.45, 2.75) is 11.2 Å². The van der Waals surface area contributed by atoms with E-state index in [0.717, 1.165) is 6.26 Å². The van der Waals surface area contributed by atoms with Crippen LogP contribution in [0.4, 0.5) is 0 Å². The number of sulfone groups is 1. The van der Waals surface area contributed by atoms with Crippen LogP contribution in [0.15, 0.2) is 24.3 Å². The second-order valence-corrected chi connectivity index (χ2v) is 7.43. The van der Waals surface area contributed by atoms with E-state index in [4.69, 9.17) is 17.3 Å². The molecule has 0 heterocycles. The molecule has 3 atom stereocenters. The minimum Gasteiger partial charge on any atom is -0.481 e. The van der Waals surface area contributed by atoms with Gasteiger partial charge in [0.1, 0.15) is 5.41 Å². The summed E-state index contributed by atoms with van der Waals surface area (Å²) in [5.41, 5.74) is 4.75. The summed E-state index contributed by atoms with van der Waals surface area (Å²) in [6.07, 6.45) is 1.04. The monoisotopic (exact) mass is 303 g/mol. The number of benzene rings is 1. The molecule has 19 heavy (non-hydrogen) atoms. The van der Waals surface area contributed by atoms with Crippen molar-refractivity contribution in [2.75, 3.05) is 12.8 Å². The van der Waals surface area contributed by atoms with Gasteiger partial charge in [-0.05, 0) is 17.7 Å². The Morgan fingerprint density at radius 1 is 1.42 bits per heavy atom. The molecule has 0 unspecified atom stereocenters. The Morgan fingerprint density at radius 2 is 1.95 bits per heavy atom. The molecule has 1 aliphatic rings. The van der Waals surface area contributed by atoms with Gasteiger partial charge in [0.2, 0.25) is 0 Å². The molecular weight excluding hydrogens is 290 g/mol. The number of carboxylic acids is 1. The molecule has 1 fully saturated rings. The second-order valence-electron chi connectivity index (χ2n) is 4.83. The van der Waals surface area contributed by atoms with E-state index in [2.05, 4.69) is 0 Å². The van der Waals surface area contributed by atoms with Crippen LogP contribution in [-0.2, 0) is 14.6 Å². The molecule has 0 aromatic heterocycles. The standard InChI is InChI=1S/C12H14ClNO4S/c1-19(17,18)10-9(12(10,6-14)11(15)16)7-2-4-8(13)5-3-7/h2-5,9-10H,6,14H2,1H3,(H,15,16)/t9-,10+,12+/m0/s1. The Labute approximate surface area is 116 Å². The maximum absolute atomic E-state index is 11.8. The van der Waals surface area contributed by atoms with Gasteiger partial charge in [-0.3, -0.25) is 4.79 Å². The summed E-state index contributed by atoms with van der Waals surface area (Å²) in [4.78, 5) is 11.5. The number of aliphatic carboxylic acids is 1. The lowest BCUT2D eigenvalue weighted by Gasteiger charge is -2.09. The fourth-order valence-electron chi connectivity index (χ4n) is 2.76. The number of rotatable bonds is 4. The van der Waals surface area contributed by atoms with Crippen LogP contribution in [0.25, 0.3) is 0 Å². The van der Waals surface area contributed by atoms with Gasteiger partial charge in [-0.2, -0.15) is 0 Å². The first kappa shape index (κ1) is 14.3. The van der Waals surface area contributed by atoms with Gasteiger partial charge in [-0.25, -0.2) is 8.42 Å². The molecule has 0 radical (unpaired) electrons. The Kier molecular flexibility index (Phi) is 3.36. The Hall–Kier alpha value is -1.11. The van der Waals surface area contributed by atoms with Crippen molar-refractivity contribution in [1.29, 1.82) is 0 Å². The minimum atomic E-state index is -3.50. The van der Waals surface area contributed by atoms with Gasteiger partial charge in [0.05, 0.1) is 5.25 Å². The number of carbonyl (C=O) groups is 1. The predicted molar refractivity (Wildman–Crippen MR) is 71.9 cm³/mol. The molecule has 1 aliphatic carbocycles. The fraction of sp³-hybridized carbons (Fsp3) is 0.417. The molecule has 0 saturated heterocycles. The topological polar surface area (TPSA) is 97.5 Å². The van der Waals surface area contributed by atoms with Crippen LogP contribution in [-0.4, -0.2) is 37.5 Å². The second kappa shape index (κ2) is 4.47.